The summed E-state index contributed by atoms with van der Waals surface area (Å²) < 4.78 is 0. The number of hydrogen-bond donors (Lipinski definition) is 0. The zero-order valence-corrected chi connectivity index (χ0v) is 13.9. The summed E-state index contributed by atoms with van der Waals surface area (Å²) in [5, 5.41) is 21.4. The zero-order valence-electron chi connectivity index (χ0n) is 13.1. The van der Waals surface area contributed by atoms with Crippen LogP contribution in [-0.4, -0.2) is 14.9 Å². The van der Waals surface area contributed by atoms with E-state index < -0.39 is 4.92 Å². The molecule has 0 aliphatic heterocycles. The maximum Gasteiger partial charge on any atom is 0.301 e. The number of aryl methyl sites for hydroxylation is 2. The summed E-state index contributed by atoms with van der Waals surface area (Å²) in [5.41, 5.74) is 2.53. The molecule has 1 aliphatic carbocycles. The Morgan fingerprint density at radius 3 is 2.75 bits per heavy atom. The standard InChI is InChI=1S/C17H16N4O2S/c18-11-13-10-12-6-3-1-2-4-7-14(12)20-16(13)24-17-15(21(22)23)8-5-9-19-17/h5,8-10H,1-4,6-7H2. The van der Waals surface area contributed by atoms with Crippen LogP contribution >= 0.6 is 11.8 Å². The first kappa shape index (κ1) is 16.4. The Morgan fingerprint density at radius 1 is 1.21 bits per heavy atom. The lowest BCUT2D eigenvalue weighted by Crippen LogP contribution is -2.05. The summed E-state index contributed by atoms with van der Waals surface area (Å²) in [6.45, 7) is 0. The minimum absolute atomic E-state index is 0.0695. The first-order valence-corrected chi connectivity index (χ1v) is 8.71. The summed E-state index contributed by atoms with van der Waals surface area (Å²) in [7, 11) is 0. The van der Waals surface area contributed by atoms with E-state index in [9.17, 15) is 15.4 Å². The van der Waals surface area contributed by atoms with Gasteiger partial charge >= 0.3 is 5.69 Å². The molecule has 0 saturated carbocycles. The lowest BCUT2D eigenvalue weighted by Gasteiger charge is -2.15. The lowest BCUT2D eigenvalue weighted by molar-refractivity contribution is -0.388. The minimum Gasteiger partial charge on any atom is -0.258 e. The highest BCUT2D eigenvalue weighted by molar-refractivity contribution is 7.99. The summed E-state index contributed by atoms with van der Waals surface area (Å²) >= 11 is 1.09. The number of fused-ring (bicyclic) bond motifs is 1. The molecule has 24 heavy (non-hydrogen) atoms. The molecule has 6 nitrogen and oxygen atoms in total. The van der Waals surface area contributed by atoms with Crippen molar-refractivity contribution in [1.29, 1.82) is 5.26 Å². The van der Waals surface area contributed by atoms with E-state index in [2.05, 4.69) is 16.0 Å². The van der Waals surface area contributed by atoms with Gasteiger partial charge < -0.3 is 0 Å². The molecule has 3 rings (SSSR count). The van der Waals surface area contributed by atoms with Crippen LogP contribution in [0.25, 0.3) is 0 Å². The van der Waals surface area contributed by atoms with Gasteiger partial charge in [0.05, 0.1) is 10.5 Å². The highest BCUT2D eigenvalue weighted by Crippen LogP contribution is 2.34. The van der Waals surface area contributed by atoms with Crippen LogP contribution in [0.3, 0.4) is 0 Å². The molecular formula is C17H16N4O2S. The monoisotopic (exact) mass is 340 g/mol. The molecule has 0 bridgehead atoms. The van der Waals surface area contributed by atoms with Crippen molar-refractivity contribution in [3.05, 3.63) is 51.3 Å². The quantitative estimate of drug-likeness (QED) is 0.618. The molecule has 0 fully saturated rings. The third-order valence-corrected chi connectivity index (χ3v) is 5.04. The number of hydrogen-bond acceptors (Lipinski definition) is 6. The molecule has 0 saturated heterocycles. The van der Waals surface area contributed by atoms with Crippen LogP contribution in [0.4, 0.5) is 5.69 Å². The van der Waals surface area contributed by atoms with Gasteiger partial charge in [-0.3, -0.25) is 10.1 Å². The highest BCUT2D eigenvalue weighted by atomic mass is 32.2. The Hall–Kier alpha value is -2.46. The number of nitriles is 1. The Morgan fingerprint density at radius 2 is 2.00 bits per heavy atom. The van der Waals surface area contributed by atoms with E-state index in [-0.39, 0.29) is 10.7 Å². The van der Waals surface area contributed by atoms with Gasteiger partial charge in [-0.05, 0) is 55.1 Å². The van der Waals surface area contributed by atoms with Crippen molar-refractivity contribution in [3.63, 3.8) is 0 Å². The smallest absolute Gasteiger partial charge is 0.258 e. The second-order valence-corrected chi connectivity index (χ2v) is 6.64. The molecule has 7 heteroatoms. The van der Waals surface area contributed by atoms with Crippen LogP contribution in [-0.2, 0) is 12.8 Å². The third-order valence-electron chi connectivity index (χ3n) is 4.03. The fraction of sp³-hybridized carbons (Fsp3) is 0.353. The largest absolute Gasteiger partial charge is 0.301 e. The molecule has 2 heterocycles. The van der Waals surface area contributed by atoms with Gasteiger partial charge in [0.25, 0.3) is 0 Å². The van der Waals surface area contributed by atoms with Crippen molar-refractivity contribution in [2.45, 2.75) is 48.6 Å². The van der Waals surface area contributed by atoms with Gasteiger partial charge in [0.15, 0.2) is 5.03 Å². The Bertz CT molecular complexity index is 817. The topological polar surface area (TPSA) is 92.7 Å². The van der Waals surface area contributed by atoms with Crippen LogP contribution in [0.5, 0.6) is 0 Å². The Balaban J connectivity index is 2.00. The van der Waals surface area contributed by atoms with E-state index in [4.69, 9.17) is 0 Å². The molecule has 0 spiro atoms. The predicted octanol–water partition coefficient (Wildman–Crippen LogP) is 4.07. The van der Waals surface area contributed by atoms with Crippen LogP contribution < -0.4 is 0 Å². The summed E-state index contributed by atoms with van der Waals surface area (Å²) in [6.07, 6.45) is 7.92. The van der Waals surface area contributed by atoms with Gasteiger partial charge in [0, 0.05) is 18.0 Å². The Kier molecular flexibility index (Phi) is 5.06. The van der Waals surface area contributed by atoms with Crippen LogP contribution in [0.2, 0.25) is 0 Å². The molecule has 2 aromatic rings. The lowest BCUT2D eigenvalue weighted by atomic mass is 9.96. The first-order chi connectivity index (χ1) is 11.7. The van der Waals surface area contributed by atoms with Gasteiger partial charge in [0.2, 0.25) is 0 Å². The van der Waals surface area contributed by atoms with Crippen molar-refractivity contribution >= 4 is 17.4 Å². The molecule has 0 amide bonds. The van der Waals surface area contributed by atoms with Gasteiger partial charge in [-0.15, -0.1) is 0 Å². The molecule has 0 unspecified atom stereocenters. The molecule has 0 aromatic carbocycles. The Labute approximate surface area is 144 Å². The van der Waals surface area contributed by atoms with Gasteiger partial charge in [-0.1, -0.05) is 12.8 Å². The fourth-order valence-corrected chi connectivity index (χ4v) is 3.73. The number of nitrogens with zero attached hydrogens (tertiary/aromatic N) is 4. The van der Waals surface area contributed by atoms with Gasteiger partial charge in [0.1, 0.15) is 11.1 Å². The van der Waals surface area contributed by atoms with Crippen LogP contribution in [0.1, 0.15) is 42.5 Å². The van der Waals surface area contributed by atoms with Crippen molar-refractivity contribution in [2.75, 3.05) is 0 Å². The second-order valence-electron chi connectivity index (χ2n) is 5.66. The zero-order chi connectivity index (χ0) is 16.9. The second kappa shape index (κ2) is 7.41. The first-order valence-electron chi connectivity index (χ1n) is 7.89. The van der Waals surface area contributed by atoms with Gasteiger partial charge in [-0.2, -0.15) is 5.26 Å². The maximum absolute atomic E-state index is 11.1. The van der Waals surface area contributed by atoms with Crippen LogP contribution in [0, 0.1) is 21.4 Å². The molecule has 0 radical (unpaired) electrons. The van der Waals surface area contributed by atoms with Crippen molar-refractivity contribution in [1.82, 2.24) is 9.97 Å². The summed E-state index contributed by atoms with van der Waals surface area (Å²) in [6, 6.07) is 7.00. The van der Waals surface area contributed by atoms with Crippen molar-refractivity contribution < 1.29 is 4.92 Å². The minimum atomic E-state index is -0.463. The van der Waals surface area contributed by atoms with E-state index in [0.29, 0.717) is 10.6 Å². The van der Waals surface area contributed by atoms with Crippen molar-refractivity contribution in [2.24, 2.45) is 0 Å². The normalized spacial score (nSPS) is 14.1. The number of aromatic nitrogens is 2. The SMILES string of the molecule is N#Cc1cc2c(nc1Sc1ncccc1[N+](=O)[O-])CCCCCC2. The van der Waals surface area contributed by atoms with Crippen molar-refractivity contribution in [3.8, 4) is 6.07 Å². The molecule has 0 N–H and O–H groups in total. The van der Waals surface area contributed by atoms with Gasteiger partial charge in [-0.25, -0.2) is 9.97 Å². The number of rotatable bonds is 3. The van der Waals surface area contributed by atoms with E-state index in [0.717, 1.165) is 48.7 Å². The molecule has 0 atom stereocenters. The van der Waals surface area contributed by atoms with E-state index in [1.165, 1.54) is 31.2 Å². The average Bonchev–Trinajstić information content (AvgIpc) is 2.56. The molecular weight excluding hydrogens is 324 g/mol. The molecule has 1 aliphatic rings. The number of nitro groups is 1. The fourth-order valence-electron chi connectivity index (χ4n) is 2.82. The molecule has 122 valence electrons. The van der Waals surface area contributed by atoms with Crippen LogP contribution in [0.15, 0.2) is 34.4 Å². The maximum atomic E-state index is 11.1. The van der Waals surface area contributed by atoms with E-state index in [1.807, 2.05) is 6.07 Å². The highest BCUT2D eigenvalue weighted by Gasteiger charge is 2.20. The van der Waals surface area contributed by atoms with E-state index in [1.54, 1.807) is 0 Å². The molecule has 2 aromatic heterocycles. The summed E-state index contributed by atoms with van der Waals surface area (Å²) in [4.78, 5) is 19.4. The third kappa shape index (κ3) is 3.54. The summed E-state index contributed by atoms with van der Waals surface area (Å²) in [5.74, 6) is 0. The average molecular weight is 340 g/mol. The van der Waals surface area contributed by atoms with E-state index >= 15 is 0 Å². The predicted molar refractivity (Wildman–Crippen MR) is 89.8 cm³/mol. The number of pyridine rings is 2.